The normalized spacial score (nSPS) is 20.0. The van der Waals surface area contributed by atoms with Crippen LogP contribution in [0.4, 0.5) is 11.5 Å². The van der Waals surface area contributed by atoms with E-state index in [-0.39, 0.29) is 0 Å². The summed E-state index contributed by atoms with van der Waals surface area (Å²) in [7, 11) is 0. The van der Waals surface area contributed by atoms with Crippen LogP contribution in [0.5, 0.6) is 0 Å². The molecule has 4 rings (SSSR count). The van der Waals surface area contributed by atoms with Gasteiger partial charge in [-0.3, -0.25) is 0 Å². The van der Waals surface area contributed by atoms with Gasteiger partial charge in [-0.25, -0.2) is 9.97 Å². The van der Waals surface area contributed by atoms with Gasteiger partial charge in [0.15, 0.2) is 0 Å². The lowest BCUT2D eigenvalue weighted by atomic mass is 10.2. The number of halogens is 1. The molecule has 2 fully saturated rings. The van der Waals surface area contributed by atoms with E-state index in [9.17, 15) is 5.26 Å². The van der Waals surface area contributed by atoms with Gasteiger partial charge in [-0.1, -0.05) is 17.7 Å². The molecule has 24 heavy (non-hydrogen) atoms. The van der Waals surface area contributed by atoms with Crippen molar-refractivity contribution in [2.24, 2.45) is 0 Å². The Bertz CT molecular complexity index is 796. The molecule has 1 saturated heterocycles. The maximum atomic E-state index is 9.36. The molecule has 0 bridgehead atoms. The molecule has 2 aliphatic rings. The van der Waals surface area contributed by atoms with Crippen molar-refractivity contribution in [2.45, 2.75) is 31.2 Å². The maximum Gasteiger partial charge on any atom is 0.133 e. The van der Waals surface area contributed by atoms with Gasteiger partial charge in [-0.05, 0) is 37.5 Å². The average Bonchev–Trinajstić information content (AvgIpc) is 3.35. The lowest BCUT2D eigenvalue weighted by Crippen LogP contribution is -2.27. The second-order valence-electron chi connectivity index (χ2n) is 6.40. The van der Waals surface area contributed by atoms with E-state index in [4.69, 9.17) is 11.6 Å². The molecule has 0 radical (unpaired) electrons. The van der Waals surface area contributed by atoms with Crippen molar-refractivity contribution >= 4 is 23.1 Å². The van der Waals surface area contributed by atoms with E-state index in [1.807, 2.05) is 24.4 Å². The zero-order chi connectivity index (χ0) is 16.5. The van der Waals surface area contributed by atoms with E-state index in [1.54, 1.807) is 6.07 Å². The van der Waals surface area contributed by atoms with Crippen molar-refractivity contribution < 1.29 is 0 Å². The third kappa shape index (κ3) is 3.02. The quantitative estimate of drug-likeness (QED) is 0.922. The number of aromatic nitrogens is 2. The standard InChI is InChI=1S/C18H18ClN5/c19-15-2-1-3-16(14(15)10-20)24-9-7-13(11-24)22-17-6-8-21-18(23-17)12-4-5-12/h1-3,6,8,12-13H,4-5,7,9,11H2,(H,21,22,23). The summed E-state index contributed by atoms with van der Waals surface area (Å²) in [5.74, 6) is 2.40. The van der Waals surface area contributed by atoms with E-state index in [0.717, 1.165) is 36.8 Å². The Balaban J connectivity index is 1.46. The molecular formula is C18H18ClN5. The first-order chi connectivity index (χ1) is 11.7. The summed E-state index contributed by atoms with van der Waals surface area (Å²) < 4.78 is 0. The largest absolute Gasteiger partial charge is 0.368 e. The van der Waals surface area contributed by atoms with Gasteiger partial charge in [0.05, 0.1) is 16.3 Å². The summed E-state index contributed by atoms with van der Waals surface area (Å²) >= 11 is 6.15. The predicted molar refractivity (Wildman–Crippen MR) is 94.4 cm³/mol. The molecule has 1 aromatic heterocycles. The Morgan fingerprint density at radius 1 is 1.25 bits per heavy atom. The molecule has 2 aromatic rings. The van der Waals surface area contributed by atoms with Gasteiger partial charge in [-0.2, -0.15) is 5.26 Å². The fourth-order valence-corrected chi connectivity index (χ4v) is 3.40. The monoisotopic (exact) mass is 339 g/mol. The molecule has 5 nitrogen and oxygen atoms in total. The zero-order valence-electron chi connectivity index (χ0n) is 13.2. The predicted octanol–water partition coefficient (Wildman–Crippen LogP) is 3.57. The van der Waals surface area contributed by atoms with Crippen LogP contribution in [0.25, 0.3) is 0 Å². The highest BCUT2D eigenvalue weighted by Crippen LogP contribution is 2.38. The lowest BCUT2D eigenvalue weighted by molar-refractivity contribution is 0.793. The summed E-state index contributed by atoms with van der Waals surface area (Å²) in [6.07, 6.45) is 5.24. The molecule has 1 aromatic carbocycles. The molecule has 2 heterocycles. The third-order valence-electron chi connectivity index (χ3n) is 4.60. The molecule has 1 unspecified atom stereocenters. The molecule has 1 N–H and O–H groups in total. The van der Waals surface area contributed by atoms with E-state index in [1.165, 1.54) is 12.8 Å². The van der Waals surface area contributed by atoms with Gasteiger partial charge in [0.25, 0.3) is 0 Å². The highest BCUT2D eigenvalue weighted by atomic mass is 35.5. The van der Waals surface area contributed by atoms with Crippen molar-refractivity contribution in [3.63, 3.8) is 0 Å². The minimum Gasteiger partial charge on any atom is -0.368 e. The summed E-state index contributed by atoms with van der Waals surface area (Å²) in [5.41, 5.74) is 1.47. The SMILES string of the molecule is N#Cc1c(Cl)cccc1N1CCC(Nc2ccnc(C3CC3)n2)C1. The Labute approximate surface area is 146 Å². The number of anilines is 2. The maximum absolute atomic E-state index is 9.36. The lowest BCUT2D eigenvalue weighted by Gasteiger charge is -2.21. The summed E-state index contributed by atoms with van der Waals surface area (Å²) in [5, 5.41) is 13.4. The minimum absolute atomic E-state index is 0.303. The van der Waals surface area contributed by atoms with Crippen LogP contribution in [-0.4, -0.2) is 29.1 Å². The van der Waals surface area contributed by atoms with Gasteiger partial charge >= 0.3 is 0 Å². The number of nitriles is 1. The van der Waals surface area contributed by atoms with Crippen LogP contribution in [0, 0.1) is 11.3 Å². The first kappa shape index (κ1) is 15.2. The number of rotatable bonds is 4. The van der Waals surface area contributed by atoms with Gasteiger partial charge in [0.1, 0.15) is 17.7 Å². The highest BCUT2D eigenvalue weighted by molar-refractivity contribution is 6.32. The highest BCUT2D eigenvalue weighted by Gasteiger charge is 2.28. The zero-order valence-corrected chi connectivity index (χ0v) is 14.0. The Kier molecular flexibility index (Phi) is 3.99. The van der Waals surface area contributed by atoms with Crippen LogP contribution >= 0.6 is 11.6 Å². The fraction of sp³-hybridized carbons (Fsp3) is 0.389. The van der Waals surface area contributed by atoms with Gasteiger partial charge < -0.3 is 10.2 Å². The van der Waals surface area contributed by atoms with Crippen molar-refractivity contribution in [1.29, 1.82) is 5.26 Å². The molecule has 1 aliphatic heterocycles. The van der Waals surface area contributed by atoms with Gasteiger partial charge in [-0.15, -0.1) is 0 Å². The molecule has 122 valence electrons. The number of hydrogen-bond acceptors (Lipinski definition) is 5. The molecule has 1 atom stereocenters. The Morgan fingerprint density at radius 3 is 2.92 bits per heavy atom. The first-order valence-corrected chi connectivity index (χ1v) is 8.65. The van der Waals surface area contributed by atoms with Crippen molar-refractivity contribution in [2.75, 3.05) is 23.3 Å². The van der Waals surface area contributed by atoms with Crippen LogP contribution in [0.1, 0.15) is 36.6 Å². The second kappa shape index (κ2) is 6.29. The van der Waals surface area contributed by atoms with Crippen molar-refractivity contribution in [1.82, 2.24) is 9.97 Å². The molecule has 0 spiro atoms. The van der Waals surface area contributed by atoms with E-state index < -0.39 is 0 Å². The summed E-state index contributed by atoms with van der Waals surface area (Å²) in [6, 6.07) is 10.1. The Morgan fingerprint density at radius 2 is 2.12 bits per heavy atom. The smallest absolute Gasteiger partial charge is 0.133 e. The minimum atomic E-state index is 0.303. The van der Waals surface area contributed by atoms with Crippen molar-refractivity contribution in [3.05, 3.63) is 46.9 Å². The van der Waals surface area contributed by atoms with Crippen LogP contribution in [-0.2, 0) is 0 Å². The fourth-order valence-electron chi connectivity index (χ4n) is 3.19. The molecule has 1 aliphatic carbocycles. The van der Waals surface area contributed by atoms with Crippen molar-refractivity contribution in [3.8, 4) is 6.07 Å². The Hall–Kier alpha value is -2.32. The number of nitrogens with zero attached hydrogens (tertiary/aromatic N) is 4. The van der Waals surface area contributed by atoms with Gasteiger partial charge in [0, 0.05) is 31.2 Å². The van der Waals surface area contributed by atoms with Crippen LogP contribution in [0.2, 0.25) is 5.02 Å². The van der Waals surface area contributed by atoms with E-state index in [2.05, 4.69) is 26.3 Å². The molecular weight excluding hydrogens is 322 g/mol. The third-order valence-corrected chi connectivity index (χ3v) is 4.92. The molecule has 6 heteroatoms. The van der Waals surface area contributed by atoms with Crippen LogP contribution < -0.4 is 10.2 Å². The van der Waals surface area contributed by atoms with E-state index >= 15 is 0 Å². The van der Waals surface area contributed by atoms with Crippen LogP contribution in [0.15, 0.2) is 30.5 Å². The summed E-state index contributed by atoms with van der Waals surface area (Å²) in [6.45, 7) is 1.73. The molecule has 0 amide bonds. The van der Waals surface area contributed by atoms with E-state index in [0.29, 0.717) is 22.5 Å². The number of hydrogen-bond donors (Lipinski definition) is 1. The molecule has 1 saturated carbocycles. The summed E-state index contributed by atoms with van der Waals surface area (Å²) in [4.78, 5) is 11.2. The number of nitrogens with one attached hydrogen (secondary N) is 1. The van der Waals surface area contributed by atoms with Gasteiger partial charge in [0.2, 0.25) is 0 Å². The van der Waals surface area contributed by atoms with Crippen LogP contribution in [0.3, 0.4) is 0 Å². The second-order valence-corrected chi connectivity index (χ2v) is 6.80. The number of benzene rings is 1. The first-order valence-electron chi connectivity index (χ1n) is 8.27. The topological polar surface area (TPSA) is 64.8 Å². The average molecular weight is 340 g/mol.